The molecule has 1 amide bonds. The highest BCUT2D eigenvalue weighted by Crippen LogP contribution is 2.16. The fraction of sp³-hybridized carbons (Fsp3) is 0.357. The zero-order valence-electron chi connectivity index (χ0n) is 12.2. The van der Waals surface area contributed by atoms with Gasteiger partial charge in [-0.1, -0.05) is 12.2 Å². The van der Waals surface area contributed by atoms with Crippen molar-refractivity contribution in [3.63, 3.8) is 0 Å². The van der Waals surface area contributed by atoms with E-state index in [9.17, 15) is 4.79 Å². The third-order valence-electron chi connectivity index (χ3n) is 2.89. The first-order chi connectivity index (χ1) is 9.43. The number of imidazole rings is 1. The van der Waals surface area contributed by atoms with Crippen LogP contribution < -0.4 is 4.74 Å². The van der Waals surface area contributed by atoms with Crippen molar-refractivity contribution in [1.82, 2.24) is 19.5 Å². The van der Waals surface area contributed by atoms with Crippen molar-refractivity contribution in [3.8, 4) is 5.88 Å². The summed E-state index contributed by atoms with van der Waals surface area (Å²) in [6, 6.07) is 3.49. The molecule has 0 atom stereocenters. The van der Waals surface area contributed by atoms with Crippen LogP contribution in [-0.2, 0) is 0 Å². The number of nitrogens with zero attached hydrogens (tertiary/aromatic N) is 4. The summed E-state index contributed by atoms with van der Waals surface area (Å²) in [7, 11) is 3.27. The molecule has 0 aromatic carbocycles. The molecule has 0 saturated carbocycles. The highest BCUT2D eigenvalue weighted by Gasteiger charge is 2.21. The van der Waals surface area contributed by atoms with Crippen LogP contribution in [0.4, 0.5) is 0 Å². The van der Waals surface area contributed by atoms with E-state index in [4.69, 9.17) is 4.74 Å². The van der Waals surface area contributed by atoms with Crippen LogP contribution in [0.15, 0.2) is 24.3 Å². The van der Waals surface area contributed by atoms with Gasteiger partial charge in [-0.25, -0.2) is 9.50 Å². The predicted octanol–water partition coefficient (Wildman–Crippen LogP) is 1.69. The van der Waals surface area contributed by atoms with E-state index in [1.807, 2.05) is 6.92 Å². The summed E-state index contributed by atoms with van der Waals surface area (Å²) in [5, 5.41) is 4.26. The van der Waals surface area contributed by atoms with Gasteiger partial charge < -0.3 is 9.64 Å². The van der Waals surface area contributed by atoms with Crippen LogP contribution in [0.25, 0.3) is 5.65 Å². The summed E-state index contributed by atoms with van der Waals surface area (Å²) < 4.78 is 6.61. The quantitative estimate of drug-likeness (QED) is 0.796. The Labute approximate surface area is 117 Å². The summed E-state index contributed by atoms with van der Waals surface area (Å²) in [4.78, 5) is 18.5. The molecule has 6 heteroatoms. The Balaban J connectivity index is 2.49. The highest BCUT2D eigenvalue weighted by atomic mass is 16.5. The van der Waals surface area contributed by atoms with E-state index in [-0.39, 0.29) is 5.91 Å². The predicted molar refractivity (Wildman–Crippen MR) is 76.1 cm³/mol. The van der Waals surface area contributed by atoms with Gasteiger partial charge in [0, 0.05) is 19.7 Å². The summed E-state index contributed by atoms with van der Waals surface area (Å²) in [5.74, 6) is 0.297. The van der Waals surface area contributed by atoms with Crippen molar-refractivity contribution in [1.29, 1.82) is 0 Å². The molecular weight excluding hydrogens is 256 g/mol. The monoisotopic (exact) mass is 274 g/mol. The fourth-order valence-corrected chi connectivity index (χ4v) is 2.04. The lowest BCUT2D eigenvalue weighted by atomic mass is 10.2. The van der Waals surface area contributed by atoms with Crippen molar-refractivity contribution < 1.29 is 9.53 Å². The second-order valence-electron chi connectivity index (χ2n) is 4.81. The van der Waals surface area contributed by atoms with Gasteiger partial charge in [-0.05, 0) is 19.9 Å². The molecule has 0 unspecified atom stereocenters. The van der Waals surface area contributed by atoms with Gasteiger partial charge in [0.15, 0.2) is 11.3 Å². The number of methoxy groups -OCH3 is 1. The van der Waals surface area contributed by atoms with E-state index < -0.39 is 0 Å². The molecule has 20 heavy (non-hydrogen) atoms. The molecule has 6 nitrogen and oxygen atoms in total. The van der Waals surface area contributed by atoms with Crippen molar-refractivity contribution in [2.45, 2.75) is 13.8 Å². The Morgan fingerprint density at radius 2 is 2.20 bits per heavy atom. The molecule has 0 fully saturated rings. The van der Waals surface area contributed by atoms with Gasteiger partial charge in [0.2, 0.25) is 5.88 Å². The molecule has 0 aliphatic carbocycles. The number of aromatic nitrogens is 3. The van der Waals surface area contributed by atoms with Crippen LogP contribution in [0.3, 0.4) is 0 Å². The Morgan fingerprint density at radius 1 is 1.50 bits per heavy atom. The smallest absolute Gasteiger partial charge is 0.274 e. The van der Waals surface area contributed by atoms with E-state index in [0.29, 0.717) is 29.5 Å². The number of carbonyl (C=O) groups excluding carboxylic acids is 1. The van der Waals surface area contributed by atoms with Crippen LogP contribution >= 0.6 is 0 Å². The number of amides is 1. The lowest BCUT2D eigenvalue weighted by molar-refractivity contribution is 0.0798. The van der Waals surface area contributed by atoms with E-state index in [0.717, 1.165) is 5.57 Å². The van der Waals surface area contributed by atoms with Crippen LogP contribution in [-0.4, -0.2) is 46.1 Å². The lowest BCUT2D eigenvalue weighted by Crippen LogP contribution is -2.30. The minimum Gasteiger partial charge on any atom is -0.480 e. The van der Waals surface area contributed by atoms with Gasteiger partial charge in [0.25, 0.3) is 5.91 Å². The van der Waals surface area contributed by atoms with Gasteiger partial charge in [0.1, 0.15) is 0 Å². The molecular formula is C14H18N4O2. The van der Waals surface area contributed by atoms with E-state index in [1.165, 1.54) is 11.6 Å². The van der Waals surface area contributed by atoms with Gasteiger partial charge in [-0.3, -0.25) is 4.79 Å². The topological polar surface area (TPSA) is 59.7 Å². The summed E-state index contributed by atoms with van der Waals surface area (Å²) in [6.07, 6.45) is 0. The maximum atomic E-state index is 12.5. The number of hydrogen-bond donors (Lipinski definition) is 0. The number of likely N-dealkylation sites (N-methyl/N-ethyl adjacent to an activating group) is 1. The van der Waals surface area contributed by atoms with Gasteiger partial charge >= 0.3 is 0 Å². The van der Waals surface area contributed by atoms with Crippen LogP contribution in [0.1, 0.15) is 23.1 Å². The summed E-state index contributed by atoms with van der Waals surface area (Å²) in [6.45, 7) is 7.99. The third kappa shape index (κ3) is 2.49. The first-order valence-corrected chi connectivity index (χ1v) is 6.24. The Kier molecular flexibility index (Phi) is 3.74. The first kappa shape index (κ1) is 14.0. The highest BCUT2D eigenvalue weighted by molar-refractivity contribution is 5.94. The van der Waals surface area contributed by atoms with Gasteiger partial charge in [-0.2, -0.15) is 0 Å². The average Bonchev–Trinajstić information content (AvgIpc) is 2.71. The molecule has 0 N–H and O–H groups in total. The molecule has 0 saturated heterocycles. The molecule has 0 spiro atoms. The van der Waals surface area contributed by atoms with E-state index in [2.05, 4.69) is 16.7 Å². The third-order valence-corrected chi connectivity index (χ3v) is 2.89. The van der Waals surface area contributed by atoms with Gasteiger partial charge in [-0.15, -0.1) is 5.10 Å². The molecule has 2 rings (SSSR count). The number of rotatable bonds is 4. The molecule has 106 valence electrons. The average molecular weight is 274 g/mol. The largest absolute Gasteiger partial charge is 0.480 e. The molecule has 0 bridgehead atoms. The van der Waals surface area contributed by atoms with E-state index >= 15 is 0 Å². The zero-order valence-corrected chi connectivity index (χ0v) is 12.2. The molecule has 2 heterocycles. The van der Waals surface area contributed by atoms with Crippen molar-refractivity contribution in [2.75, 3.05) is 20.7 Å². The number of aryl methyl sites for hydroxylation is 1. The molecule has 0 aliphatic rings. The Hall–Kier alpha value is -2.37. The zero-order chi connectivity index (χ0) is 14.9. The van der Waals surface area contributed by atoms with E-state index in [1.54, 1.807) is 31.0 Å². The fourth-order valence-electron chi connectivity index (χ4n) is 2.04. The minimum absolute atomic E-state index is 0.140. The van der Waals surface area contributed by atoms with Crippen LogP contribution in [0.2, 0.25) is 0 Å². The normalized spacial score (nSPS) is 10.6. The SMILES string of the molecule is C=C(C)CN(C)C(=O)c1c(C)nc2ccc(OC)nn12. The minimum atomic E-state index is -0.140. The molecule has 2 aromatic rings. The molecule has 2 aromatic heterocycles. The summed E-state index contributed by atoms with van der Waals surface area (Å²) >= 11 is 0. The number of carbonyl (C=O) groups is 1. The maximum Gasteiger partial charge on any atom is 0.274 e. The second kappa shape index (κ2) is 5.32. The van der Waals surface area contributed by atoms with Crippen molar-refractivity contribution in [2.24, 2.45) is 0 Å². The van der Waals surface area contributed by atoms with Crippen LogP contribution in [0, 0.1) is 6.92 Å². The second-order valence-corrected chi connectivity index (χ2v) is 4.81. The van der Waals surface area contributed by atoms with Gasteiger partial charge in [0.05, 0.1) is 12.8 Å². The number of fused-ring (bicyclic) bond motifs is 1. The lowest BCUT2D eigenvalue weighted by Gasteiger charge is -2.16. The summed E-state index contributed by atoms with van der Waals surface area (Å²) in [5.41, 5.74) is 2.63. The standard InChI is InChI=1S/C14H18N4O2/c1-9(2)8-17(4)14(19)13-10(3)15-11-6-7-12(20-5)16-18(11)13/h6-7H,1,8H2,2-5H3. The molecule has 0 radical (unpaired) electrons. The van der Waals surface area contributed by atoms with Crippen LogP contribution in [0.5, 0.6) is 5.88 Å². The number of hydrogen-bond acceptors (Lipinski definition) is 4. The Morgan fingerprint density at radius 3 is 2.80 bits per heavy atom. The molecule has 0 aliphatic heterocycles. The maximum absolute atomic E-state index is 12.5. The van der Waals surface area contributed by atoms with Crippen molar-refractivity contribution in [3.05, 3.63) is 35.7 Å². The number of ether oxygens (including phenoxy) is 1. The first-order valence-electron chi connectivity index (χ1n) is 6.24. The van der Waals surface area contributed by atoms with Crippen molar-refractivity contribution >= 4 is 11.6 Å². The Bertz CT molecular complexity index is 675.